The van der Waals surface area contributed by atoms with Crippen LogP contribution in [0.4, 0.5) is 4.39 Å². The lowest BCUT2D eigenvalue weighted by Gasteiger charge is -2.30. The van der Waals surface area contributed by atoms with Crippen LogP contribution in [-0.4, -0.2) is 6.67 Å². The Morgan fingerprint density at radius 1 is 0.846 bits per heavy atom. The molecule has 0 aromatic heterocycles. The average Bonchev–Trinajstić information content (AvgIpc) is 2.70. The van der Waals surface area contributed by atoms with Crippen LogP contribution in [0.2, 0.25) is 0 Å². The van der Waals surface area contributed by atoms with E-state index in [1.807, 2.05) is 6.08 Å². The van der Waals surface area contributed by atoms with Crippen LogP contribution in [0.1, 0.15) is 101 Å². The van der Waals surface area contributed by atoms with Gasteiger partial charge in [-0.15, -0.1) is 0 Å². The molecule has 0 spiro atoms. The maximum atomic E-state index is 12.2. The van der Waals surface area contributed by atoms with Crippen LogP contribution >= 0.6 is 0 Å². The second kappa shape index (κ2) is 10.3. The number of hydrogen-bond acceptors (Lipinski definition) is 0. The molecule has 0 bridgehead atoms. The van der Waals surface area contributed by atoms with E-state index >= 15 is 0 Å². The van der Waals surface area contributed by atoms with Gasteiger partial charge in [-0.2, -0.15) is 0 Å². The fourth-order valence-corrected chi connectivity index (χ4v) is 5.23. The summed E-state index contributed by atoms with van der Waals surface area (Å²) in [7, 11) is 0. The summed E-state index contributed by atoms with van der Waals surface area (Å²) in [6, 6.07) is 9.68. The summed E-state index contributed by atoms with van der Waals surface area (Å²) in [4.78, 5) is 0. The highest BCUT2D eigenvalue weighted by molar-refractivity contribution is 5.28. The molecule has 0 saturated heterocycles. The van der Waals surface area contributed by atoms with Gasteiger partial charge in [0, 0.05) is 0 Å². The van der Waals surface area contributed by atoms with E-state index in [-0.39, 0.29) is 6.67 Å². The second-order valence-electron chi connectivity index (χ2n) is 8.69. The van der Waals surface area contributed by atoms with E-state index in [0.29, 0.717) is 12.3 Å². The van der Waals surface area contributed by atoms with E-state index in [2.05, 4.69) is 37.3 Å². The first-order valence-corrected chi connectivity index (χ1v) is 11.1. The molecule has 0 radical (unpaired) electrons. The predicted octanol–water partition coefficient (Wildman–Crippen LogP) is 7.95. The highest BCUT2D eigenvalue weighted by atomic mass is 19.1. The molecule has 2 aliphatic rings. The molecule has 1 aromatic carbocycles. The van der Waals surface area contributed by atoms with Gasteiger partial charge >= 0.3 is 0 Å². The molecule has 3 rings (SSSR count). The zero-order valence-electron chi connectivity index (χ0n) is 16.6. The van der Waals surface area contributed by atoms with Gasteiger partial charge in [0.2, 0.25) is 0 Å². The van der Waals surface area contributed by atoms with Crippen molar-refractivity contribution in [3.63, 3.8) is 0 Å². The van der Waals surface area contributed by atoms with Crippen LogP contribution in [0, 0.1) is 11.8 Å². The van der Waals surface area contributed by atoms with E-state index in [9.17, 15) is 4.39 Å². The Hall–Kier alpha value is -1.11. The van der Waals surface area contributed by atoms with E-state index in [1.165, 1.54) is 64.2 Å². The lowest BCUT2D eigenvalue weighted by molar-refractivity contribution is 0.308. The summed E-state index contributed by atoms with van der Waals surface area (Å²) in [5.74, 6) is 3.20. The van der Waals surface area contributed by atoms with Gasteiger partial charge in [-0.05, 0) is 92.6 Å². The first kappa shape index (κ1) is 19.6. The Morgan fingerprint density at radius 3 is 1.88 bits per heavy atom. The van der Waals surface area contributed by atoms with Gasteiger partial charge in [0.25, 0.3) is 0 Å². The van der Waals surface area contributed by atoms with Gasteiger partial charge in [0.05, 0.1) is 6.67 Å². The molecule has 2 fully saturated rings. The van der Waals surface area contributed by atoms with Crippen LogP contribution in [-0.2, 0) is 0 Å². The second-order valence-corrected chi connectivity index (χ2v) is 8.69. The molecule has 144 valence electrons. The Kier molecular flexibility index (Phi) is 7.77. The van der Waals surface area contributed by atoms with Crippen LogP contribution in [0.5, 0.6) is 0 Å². The average molecular weight is 357 g/mol. The Bertz CT molecular complexity index is 528. The van der Waals surface area contributed by atoms with Gasteiger partial charge in [0.15, 0.2) is 0 Å². The van der Waals surface area contributed by atoms with Crippen molar-refractivity contribution in [1.29, 1.82) is 0 Å². The molecular formula is C25H37F. The SMILES string of the molecule is CCC[C@H]1CC[C@H](c2ccc([C@H]3CC[C@H](/C=C/CCF)CC3)cc2)CC1. The minimum Gasteiger partial charge on any atom is -0.251 e. The molecular weight excluding hydrogens is 319 g/mol. The lowest BCUT2D eigenvalue weighted by atomic mass is 9.76. The lowest BCUT2D eigenvalue weighted by Crippen LogP contribution is -2.14. The summed E-state index contributed by atoms with van der Waals surface area (Å²) in [6.45, 7) is 2.09. The fourth-order valence-electron chi connectivity index (χ4n) is 5.23. The topological polar surface area (TPSA) is 0 Å². The minimum absolute atomic E-state index is 0.224. The normalized spacial score (nSPS) is 29.9. The van der Waals surface area contributed by atoms with Gasteiger partial charge in [0.1, 0.15) is 0 Å². The Morgan fingerprint density at radius 2 is 1.38 bits per heavy atom. The van der Waals surface area contributed by atoms with E-state index < -0.39 is 0 Å². The largest absolute Gasteiger partial charge is 0.251 e. The highest BCUT2D eigenvalue weighted by Gasteiger charge is 2.23. The molecule has 2 aliphatic carbocycles. The molecule has 0 N–H and O–H groups in total. The van der Waals surface area contributed by atoms with Crippen LogP contribution in [0.15, 0.2) is 36.4 Å². The number of benzene rings is 1. The quantitative estimate of drug-likeness (QED) is 0.435. The van der Waals surface area contributed by atoms with Gasteiger partial charge in [-0.25, -0.2) is 0 Å². The number of rotatable bonds is 7. The highest BCUT2D eigenvalue weighted by Crippen LogP contribution is 2.39. The maximum Gasteiger partial charge on any atom is 0.0928 e. The van der Waals surface area contributed by atoms with Crippen molar-refractivity contribution in [3.8, 4) is 0 Å². The summed E-state index contributed by atoms with van der Waals surface area (Å²) in [6.07, 6.45) is 18.4. The first-order valence-electron chi connectivity index (χ1n) is 11.1. The molecule has 0 heterocycles. The third-order valence-corrected chi connectivity index (χ3v) is 6.88. The molecule has 2 saturated carbocycles. The van der Waals surface area contributed by atoms with Crippen LogP contribution in [0.3, 0.4) is 0 Å². The predicted molar refractivity (Wildman–Crippen MR) is 110 cm³/mol. The van der Waals surface area contributed by atoms with E-state index in [1.54, 1.807) is 11.1 Å². The summed E-state index contributed by atoms with van der Waals surface area (Å²) in [5, 5.41) is 0. The minimum atomic E-state index is -0.224. The van der Waals surface area contributed by atoms with Crippen molar-refractivity contribution < 1.29 is 4.39 Å². The van der Waals surface area contributed by atoms with Crippen molar-refractivity contribution in [2.24, 2.45) is 11.8 Å². The zero-order chi connectivity index (χ0) is 18.2. The standard InChI is InChI=1S/C25H37F/c1-2-5-20-7-11-22(12-8-20)24-15-17-25(18-16-24)23-13-9-21(10-14-23)6-3-4-19-26/h3,6,15-18,20-23H,2,4-5,7-14,19H2,1H3/b6-3+/t20-,21-,22-,23-. The fraction of sp³-hybridized carbons (Fsp3) is 0.680. The number of alkyl halides is 1. The smallest absolute Gasteiger partial charge is 0.0928 e. The monoisotopic (exact) mass is 356 g/mol. The van der Waals surface area contributed by atoms with Gasteiger partial charge in [-0.3, -0.25) is 4.39 Å². The van der Waals surface area contributed by atoms with Crippen molar-refractivity contribution in [2.75, 3.05) is 6.67 Å². The summed E-state index contributed by atoms with van der Waals surface area (Å²) >= 11 is 0. The third-order valence-electron chi connectivity index (χ3n) is 6.88. The molecule has 1 heteroatoms. The number of allylic oxidation sites excluding steroid dienone is 2. The van der Waals surface area contributed by atoms with Gasteiger partial charge in [-0.1, -0.05) is 56.2 Å². The summed E-state index contributed by atoms with van der Waals surface area (Å²) in [5.41, 5.74) is 3.12. The van der Waals surface area contributed by atoms with E-state index in [4.69, 9.17) is 0 Å². The van der Waals surface area contributed by atoms with Gasteiger partial charge < -0.3 is 0 Å². The van der Waals surface area contributed by atoms with E-state index in [0.717, 1.165) is 17.8 Å². The van der Waals surface area contributed by atoms with Crippen molar-refractivity contribution in [2.45, 2.75) is 89.4 Å². The van der Waals surface area contributed by atoms with Crippen LogP contribution in [0.25, 0.3) is 0 Å². The van der Waals surface area contributed by atoms with Crippen molar-refractivity contribution in [3.05, 3.63) is 47.5 Å². The van der Waals surface area contributed by atoms with Crippen molar-refractivity contribution >= 4 is 0 Å². The molecule has 0 unspecified atom stereocenters. The van der Waals surface area contributed by atoms with Crippen LogP contribution < -0.4 is 0 Å². The molecule has 0 atom stereocenters. The zero-order valence-corrected chi connectivity index (χ0v) is 16.6. The molecule has 1 aromatic rings. The van der Waals surface area contributed by atoms with Crippen molar-refractivity contribution in [1.82, 2.24) is 0 Å². The summed E-state index contributed by atoms with van der Waals surface area (Å²) < 4.78 is 12.2. The third kappa shape index (κ3) is 5.44. The molecule has 0 amide bonds. The maximum absolute atomic E-state index is 12.2. The first-order chi connectivity index (χ1) is 12.8. The Balaban J connectivity index is 1.48. The molecule has 26 heavy (non-hydrogen) atoms. The molecule has 0 aliphatic heterocycles. The number of hydrogen-bond donors (Lipinski definition) is 0. The Labute approximate surface area is 160 Å². The molecule has 0 nitrogen and oxygen atoms in total. The number of halogens is 1.